The van der Waals surface area contributed by atoms with Gasteiger partial charge in [-0.15, -0.1) is 11.8 Å². The SMILES string of the molecule is CN(C(=O)CSc1ccccc1C(=O)NCCCC(=O)O)C1CCCCC1. The molecule has 0 aliphatic heterocycles. The lowest BCUT2D eigenvalue weighted by Gasteiger charge is -2.31. The molecule has 0 unspecified atom stereocenters. The Morgan fingerprint density at radius 2 is 1.89 bits per heavy atom. The van der Waals surface area contributed by atoms with Gasteiger partial charge in [0.2, 0.25) is 5.91 Å². The molecule has 0 atom stereocenters. The second-order valence-electron chi connectivity index (χ2n) is 6.83. The lowest BCUT2D eigenvalue weighted by molar-refractivity contribution is -0.137. The van der Waals surface area contributed by atoms with Crippen LogP contribution in [0, 0.1) is 0 Å². The van der Waals surface area contributed by atoms with Crippen LogP contribution in [0.1, 0.15) is 55.3 Å². The Balaban J connectivity index is 1.88. The fourth-order valence-corrected chi connectivity index (χ4v) is 4.20. The van der Waals surface area contributed by atoms with Crippen LogP contribution in [-0.4, -0.2) is 53.2 Å². The Hall–Kier alpha value is -2.02. The fraction of sp³-hybridized carbons (Fsp3) is 0.550. The number of hydrogen-bond acceptors (Lipinski definition) is 4. The second kappa shape index (κ2) is 11.0. The lowest BCUT2D eigenvalue weighted by Crippen LogP contribution is -2.39. The molecule has 1 fully saturated rings. The second-order valence-corrected chi connectivity index (χ2v) is 7.85. The molecule has 0 saturated heterocycles. The molecule has 1 aliphatic carbocycles. The zero-order valence-corrected chi connectivity index (χ0v) is 16.6. The molecule has 0 spiro atoms. The summed E-state index contributed by atoms with van der Waals surface area (Å²) in [5.41, 5.74) is 0.519. The minimum atomic E-state index is -0.874. The summed E-state index contributed by atoms with van der Waals surface area (Å²) in [4.78, 5) is 38.0. The van der Waals surface area contributed by atoms with Gasteiger partial charge in [0.05, 0.1) is 11.3 Å². The van der Waals surface area contributed by atoms with Crippen molar-refractivity contribution in [2.24, 2.45) is 0 Å². The van der Waals surface area contributed by atoms with Crippen LogP contribution in [0.15, 0.2) is 29.2 Å². The van der Waals surface area contributed by atoms with Gasteiger partial charge in [-0.25, -0.2) is 0 Å². The summed E-state index contributed by atoms with van der Waals surface area (Å²) < 4.78 is 0. The highest BCUT2D eigenvalue weighted by molar-refractivity contribution is 8.00. The number of thioether (sulfide) groups is 1. The molecule has 2 amide bonds. The molecule has 1 aromatic rings. The summed E-state index contributed by atoms with van der Waals surface area (Å²) in [5, 5.41) is 11.4. The quantitative estimate of drug-likeness (QED) is 0.498. The monoisotopic (exact) mass is 392 g/mol. The van der Waals surface area contributed by atoms with Crippen LogP contribution in [0.5, 0.6) is 0 Å². The van der Waals surface area contributed by atoms with Gasteiger partial charge in [0.15, 0.2) is 0 Å². The number of carbonyl (C=O) groups is 3. The third-order valence-corrected chi connectivity index (χ3v) is 5.91. The van der Waals surface area contributed by atoms with E-state index in [0.29, 0.717) is 30.3 Å². The van der Waals surface area contributed by atoms with Gasteiger partial charge in [-0.2, -0.15) is 0 Å². The van der Waals surface area contributed by atoms with E-state index in [2.05, 4.69) is 5.32 Å². The first-order valence-corrected chi connectivity index (χ1v) is 10.4. The lowest BCUT2D eigenvalue weighted by atomic mass is 9.94. The van der Waals surface area contributed by atoms with Crippen LogP contribution >= 0.6 is 11.8 Å². The Kier molecular flexibility index (Phi) is 8.64. The average molecular weight is 393 g/mol. The average Bonchev–Trinajstić information content (AvgIpc) is 2.69. The van der Waals surface area contributed by atoms with E-state index in [1.807, 2.05) is 24.1 Å². The molecule has 0 bridgehead atoms. The molecule has 7 heteroatoms. The standard InChI is InChI=1S/C20H28N2O4S/c1-22(15-8-3-2-4-9-15)18(23)14-27-17-11-6-5-10-16(17)20(26)21-13-7-12-19(24)25/h5-6,10-11,15H,2-4,7-9,12-14H2,1H3,(H,21,26)(H,24,25). The molecule has 0 radical (unpaired) electrons. The van der Waals surface area contributed by atoms with E-state index < -0.39 is 5.97 Å². The Morgan fingerprint density at radius 3 is 2.59 bits per heavy atom. The van der Waals surface area contributed by atoms with Crippen LogP contribution in [0.25, 0.3) is 0 Å². The van der Waals surface area contributed by atoms with Gasteiger partial charge in [-0.05, 0) is 31.4 Å². The van der Waals surface area contributed by atoms with E-state index in [1.54, 1.807) is 12.1 Å². The number of carbonyl (C=O) groups excluding carboxylic acids is 2. The van der Waals surface area contributed by atoms with E-state index in [4.69, 9.17) is 5.11 Å². The van der Waals surface area contributed by atoms with Crippen molar-refractivity contribution in [3.05, 3.63) is 29.8 Å². The zero-order valence-electron chi connectivity index (χ0n) is 15.8. The predicted molar refractivity (Wildman–Crippen MR) is 106 cm³/mol. The minimum absolute atomic E-state index is 0.0265. The first-order chi connectivity index (χ1) is 13.0. The molecule has 0 heterocycles. The summed E-state index contributed by atoms with van der Waals surface area (Å²) in [6.07, 6.45) is 6.17. The third-order valence-electron chi connectivity index (χ3n) is 4.85. The highest BCUT2D eigenvalue weighted by Crippen LogP contribution is 2.25. The maximum absolute atomic E-state index is 12.5. The Labute approximate surface area is 164 Å². The first-order valence-electron chi connectivity index (χ1n) is 9.46. The number of benzene rings is 1. The number of hydrogen-bond donors (Lipinski definition) is 2. The van der Waals surface area contributed by atoms with Crippen molar-refractivity contribution < 1.29 is 19.5 Å². The smallest absolute Gasteiger partial charge is 0.303 e. The molecule has 0 aromatic heterocycles. The van der Waals surface area contributed by atoms with Crippen molar-refractivity contribution in [3.63, 3.8) is 0 Å². The number of amides is 2. The minimum Gasteiger partial charge on any atom is -0.481 e. The van der Waals surface area contributed by atoms with E-state index in [0.717, 1.165) is 17.7 Å². The summed E-state index contributed by atoms with van der Waals surface area (Å²) in [6.45, 7) is 0.313. The number of carboxylic acids is 1. The largest absolute Gasteiger partial charge is 0.481 e. The summed E-state index contributed by atoms with van der Waals surface area (Å²) in [7, 11) is 1.87. The van der Waals surface area contributed by atoms with Crippen LogP contribution in [0.3, 0.4) is 0 Å². The number of rotatable bonds is 9. The molecule has 27 heavy (non-hydrogen) atoms. The van der Waals surface area contributed by atoms with Crippen molar-refractivity contribution in [2.75, 3.05) is 19.3 Å². The Morgan fingerprint density at radius 1 is 1.19 bits per heavy atom. The number of nitrogens with one attached hydrogen (secondary N) is 1. The highest BCUT2D eigenvalue weighted by atomic mass is 32.2. The van der Waals surface area contributed by atoms with E-state index in [1.165, 1.54) is 31.0 Å². The summed E-state index contributed by atoms with van der Waals surface area (Å²) in [5.74, 6) is -0.725. The topological polar surface area (TPSA) is 86.7 Å². The fourth-order valence-electron chi connectivity index (χ4n) is 3.23. The maximum atomic E-state index is 12.5. The predicted octanol–water partition coefficient (Wildman–Crippen LogP) is 3.16. The zero-order chi connectivity index (χ0) is 19.6. The van der Waals surface area contributed by atoms with Crippen molar-refractivity contribution in [2.45, 2.75) is 55.9 Å². The van der Waals surface area contributed by atoms with Crippen molar-refractivity contribution in [3.8, 4) is 0 Å². The molecule has 148 valence electrons. The van der Waals surface area contributed by atoms with Crippen molar-refractivity contribution >= 4 is 29.5 Å². The molecule has 1 saturated carbocycles. The highest BCUT2D eigenvalue weighted by Gasteiger charge is 2.22. The normalized spacial score (nSPS) is 14.6. The maximum Gasteiger partial charge on any atom is 0.303 e. The van der Waals surface area contributed by atoms with Crippen LogP contribution in [-0.2, 0) is 9.59 Å². The van der Waals surface area contributed by atoms with Crippen molar-refractivity contribution in [1.82, 2.24) is 10.2 Å². The van der Waals surface area contributed by atoms with Crippen LogP contribution < -0.4 is 5.32 Å². The van der Waals surface area contributed by atoms with Crippen LogP contribution in [0.4, 0.5) is 0 Å². The molecule has 6 nitrogen and oxygen atoms in total. The number of nitrogens with zero attached hydrogens (tertiary/aromatic N) is 1. The van der Waals surface area contributed by atoms with Gasteiger partial charge in [0.1, 0.15) is 0 Å². The van der Waals surface area contributed by atoms with Gasteiger partial charge >= 0.3 is 5.97 Å². The summed E-state index contributed by atoms with van der Waals surface area (Å²) >= 11 is 1.37. The number of aliphatic carboxylic acids is 1. The molecule has 1 aliphatic rings. The van der Waals surface area contributed by atoms with Gasteiger partial charge in [-0.3, -0.25) is 14.4 Å². The molecular formula is C20H28N2O4S. The van der Waals surface area contributed by atoms with E-state index in [9.17, 15) is 14.4 Å². The van der Waals surface area contributed by atoms with Gasteiger partial charge in [-0.1, -0.05) is 31.4 Å². The van der Waals surface area contributed by atoms with Gasteiger partial charge < -0.3 is 15.3 Å². The molecular weight excluding hydrogens is 364 g/mol. The molecule has 2 rings (SSSR count). The van der Waals surface area contributed by atoms with Gasteiger partial charge in [0.25, 0.3) is 5.91 Å². The van der Waals surface area contributed by atoms with Gasteiger partial charge in [0, 0.05) is 31.0 Å². The van der Waals surface area contributed by atoms with E-state index >= 15 is 0 Å². The van der Waals surface area contributed by atoms with E-state index in [-0.39, 0.29) is 18.2 Å². The Bertz CT molecular complexity index is 659. The van der Waals surface area contributed by atoms with Crippen molar-refractivity contribution in [1.29, 1.82) is 0 Å². The van der Waals surface area contributed by atoms with Crippen LogP contribution in [0.2, 0.25) is 0 Å². The summed E-state index contributed by atoms with van der Waals surface area (Å²) in [6, 6.07) is 7.53. The first kappa shape index (κ1) is 21.3. The molecule has 2 N–H and O–H groups in total. The third kappa shape index (κ3) is 6.90. The number of carboxylic acid groups (broad SMARTS) is 1. The molecule has 1 aromatic carbocycles.